The van der Waals surface area contributed by atoms with Gasteiger partial charge in [0.1, 0.15) is 5.82 Å². The number of carbonyl (C=O) groups is 1. The zero-order valence-corrected chi connectivity index (χ0v) is 24.0. The van der Waals surface area contributed by atoms with Crippen molar-refractivity contribution in [3.63, 3.8) is 0 Å². The third-order valence-electron chi connectivity index (χ3n) is 7.40. The van der Waals surface area contributed by atoms with Crippen molar-refractivity contribution in [2.24, 2.45) is 0 Å². The fourth-order valence-electron chi connectivity index (χ4n) is 4.90. The van der Waals surface area contributed by atoms with Crippen LogP contribution in [-0.2, 0) is 5.75 Å². The Balaban J connectivity index is 1.13. The van der Waals surface area contributed by atoms with Crippen LogP contribution < -0.4 is 10.2 Å². The van der Waals surface area contributed by atoms with Crippen LogP contribution in [0.1, 0.15) is 34.3 Å². The normalized spacial score (nSPS) is 15.8. The largest absolute Gasteiger partial charge is 0.354 e. The van der Waals surface area contributed by atoms with Gasteiger partial charge in [-0.2, -0.15) is 0 Å². The molecular formula is C34H35N5OS. The fourth-order valence-corrected chi connectivity index (χ4v) is 5.70. The third kappa shape index (κ3) is 7.63. The number of amides is 1. The molecule has 6 nitrogen and oxygen atoms in total. The Morgan fingerprint density at radius 3 is 2.39 bits per heavy atom. The average molecular weight is 562 g/mol. The number of benzene rings is 3. The molecule has 1 aromatic heterocycles. The van der Waals surface area contributed by atoms with E-state index in [2.05, 4.69) is 75.8 Å². The third-order valence-corrected chi connectivity index (χ3v) is 8.32. The number of hydrogen-bond donors (Lipinski definition) is 1. The predicted octanol–water partition coefficient (Wildman–Crippen LogP) is 6.16. The summed E-state index contributed by atoms with van der Waals surface area (Å²) in [6, 6.07) is 31.1. The first kappa shape index (κ1) is 27.2. The van der Waals surface area contributed by atoms with E-state index in [-0.39, 0.29) is 5.91 Å². The van der Waals surface area contributed by atoms with Gasteiger partial charge in [-0.25, -0.2) is 9.97 Å². The van der Waals surface area contributed by atoms with E-state index in [1.165, 1.54) is 5.56 Å². The lowest BCUT2D eigenvalue weighted by Gasteiger charge is -2.35. The van der Waals surface area contributed by atoms with Crippen molar-refractivity contribution in [1.82, 2.24) is 20.2 Å². The second-order valence-corrected chi connectivity index (χ2v) is 11.5. The fraction of sp³-hybridized carbons (Fsp3) is 0.265. The van der Waals surface area contributed by atoms with Gasteiger partial charge in [-0.05, 0) is 36.1 Å². The molecule has 1 aliphatic carbocycles. The van der Waals surface area contributed by atoms with Gasteiger partial charge in [0.15, 0.2) is 5.16 Å². The zero-order valence-electron chi connectivity index (χ0n) is 23.2. The van der Waals surface area contributed by atoms with Crippen LogP contribution in [0.4, 0.5) is 5.82 Å². The first-order chi connectivity index (χ1) is 20.2. The van der Waals surface area contributed by atoms with E-state index in [0.717, 1.165) is 73.4 Å². The monoisotopic (exact) mass is 561 g/mol. The van der Waals surface area contributed by atoms with Crippen LogP contribution in [0.3, 0.4) is 0 Å². The molecule has 3 aromatic carbocycles. The Hall–Kier alpha value is -3.94. The Morgan fingerprint density at radius 1 is 0.878 bits per heavy atom. The van der Waals surface area contributed by atoms with Gasteiger partial charge in [-0.1, -0.05) is 96.7 Å². The molecule has 1 amide bonds. The van der Waals surface area contributed by atoms with Gasteiger partial charge in [-0.15, -0.1) is 0 Å². The highest BCUT2D eigenvalue weighted by Gasteiger charge is 2.24. The number of rotatable bonds is 10. The van der Waals surface area contributed by atoms with E-state index < -0.39 is 0 Å². The van der Waals surface area contributed by atoms with Gasteiger partial charge in [0, 0.05) is 61.7 Å². The van der Waals surface area contributed by atoms with Crippen molar-refractivity contribution in [1.29, 1.82) is 0 Å². The predicted molar refractivity (Wildman–Crippen MR) is 168 cm³/mol. The molecule has 208 valence electrons. The summed E-state index contributed by atoms with van der Waals surface area (Å²) in [6.45, 7) is 4.77. The van der Waals surface area contributed by atoms with E-state index in [9.17, 15) is 4.79 Å². The summed E-state index contributed by atoms with van der Waals surface area (Å²) in [5.41, 5.74) is 5.06. The van der Waals surface area contributed by atoms with Crippen LogP contribution in [0.25, 0.3) is 17.3 Å². The van der Waals surface area contributed by atoms with Crippen molar-refractivity contribution in [3.8, 4) is 11.3 Å². The minimum Gasteiger partial charge on any atom is -0.354 e. The van der Waals surface area contributed by atoms with Gasteiger partial charge < -0.3 is 10.2 Å². The van der Waals surface area contributed by atoms with Crippen molar-refractivity contribution in [2.75, 3.05) is 37.6 Å². The summed E-state index contributed by atoms with van der Waals surface area (Å²) in [5.74, 6) is 1.68. The van der Waals surface area contributed by atoms with Gasteiger partial charge in [0.05, 0.1) is 5.69 Å². The quantitative estimate of drug-likeness (QED) is 0.185. The van der Waals surface area contributed by atoms with Crippen molar-refractivity contribution < 1.29 is 4.79 Å². The average Bonchev–Trinajstić information content (AvgIpc) is 3.85. The number of hydrogen-bond acceptors (Lipinski definition) is 6. The van der Waals surface area contributed by atoms with E-state index in [1.54, 1.807) is 11.8 Å². The summed E-state index contributed by atoms with van der Waals surface area (Å²) in [4.78, 5) is 27.3. The summed E-state index contributed by atoms with van der Waals surface area (Å²) < 4.78 is 0. The highest BCUT2D eigenvalue weighted by atomic mass is 32.2. The van der Waals surface area contributed by atoms with E-state index >= 15 is 0 Å². The highest BCUT2D eigenvalue weighted by molar-refractivity contribution is 7.98. The molecule has 0 bridgehead atoms. The number of nitrogens with zero attached hydrogens (tertiary/aromatic N) is 4. The molecule has 1 aliphatic heterocycles. The van der Waals surface area contributed by atoms with Crippen LogP contribution in [0, 0.1) is 0 Å². The van der Waals surface area contributed by atoms with Crippen LogP contribution in [-0.4, -0.2) is 59.5 Å². The first-order valence-corrected chi connectivity index (χ1v) is 15.3. The van der Waals surface area contributed by atoms with E-state index in [0.29, 0.717) is 17.4 Å². The van der Waals surface area contributed by atoms with Gasteiger partial charge in [0.2, 0.25) is 0 Å². The molecule has 1 N–H and O–H groups in total. The number of piperazine rings is 1. The number of thioether (sulfide) groups is 1. The minimum absolute atomic E-state index is 0.0126. The maximum absolute atomic E-state index is 12.5. The SMILES string of the molecule is O=C(NC1CC1)c1cccc(CSc2nc(-c3ccccc3)cc(N3CCN(C/C=C/c4ccccc4)CC3)n2)c1. The van der Waals surface area contributed by atoms with Gasteiger partial charge in [0.25, 0.3) is 5.91 Å². The molecule has 1 saturated heterocycles. The van der Waals surface area contributed by atoms with E-state index in [4.69, 9.17) is 9.97 Å². The Labute approximate surface area is 246 Å². The Morgan fingerprint density at radius 2 is 1.63 bits per heavy atom. The second-order valence-electron chi connectivity index (χ2n) is 10.6. The second kappa shape index (κ2) is 13.1. The molecule has 41 heavy (non-hydrogen) atoms. The molecule has 0 radical (unpaired) electrons. The van der Waals surface area contributed by atoms with Crippen molar-refractivity contribution in [2.45, 2.75) is 29.8 Å². The van der Waals surface area contributed by atoms with Crippen LogP contribution in [0.5, 0.6) is 0 Å². The highest BCUT2D eigenvalue weighted by Crippen LogP contribution is 2.28. The molecular weight excluding hydrogens is 526 g/mol. The topological polar surface area (TPSA) is 61.4 Å². The summed E-state index contributed by atoms with van der Waals surface area (Å²) in [7, 11) is 0. The molecule has 0 spiro atoms. The lowest BCUT2D eigenvalue weighted by molar-refractivity contribution is 0.0951. The minimum atomic E-state index is 0.0126. The first-order valence-electron chi connectivity index (χ1n) is 14.4. The summed E-state index contributed by atoms with van der Waals surface area (Å²) in [5, 5.41) is 3.83. The van der Waals surface area contributed by atoms with Gasteiger partial charge in [-0.3, -0.25) is 9.69 Å². The number of nitrogens with one attached hydrogen (secondary N) is 1. The lowest BCUT2D eigenvalue weighted by Crippen LogP contribution is -2.46. The molecule has 1 saturated carbocycles. The van der Waals surface area contributed by atoms with Crippen LogP contribution in [0.2, 0.25) is 0 Å². The Bertz CT molecular complexity index is 1480. The molecule has 2 fully saturated rings. The van der Waals surface area contributed by atoms with Crippen molar-refractivity contribution >= 4 is 29.6 Å². The Kier molecular flexibility index (Phi) is 8.74. The van der Waals surface area contributed by atoms with E-state index in [1.807, 2.05) is 42.5 Å². The molecule has 7 heteroatoms. The smallest absolute Gasteiger partial charge is 0.251 e. The lowest BCUT2D eigenvalue weighted by atomic mass is 10.1. The number of carbonyl (C=O) groups excluding carboxylic acids is 1. The number of aromatic nitrogens is 2. The molecule has 4 aromatic rings. The maximum atomic E-state index is 12.5. The maximum Gasteiger partial charge on any atom is 0.251 e. The standard InChI is InChI=1S/C34H35N5OS/c40-33(35-30-16-17-30)29-15-7-11-27(23-29)25-41-34-36-31(28-13-5-2-6-14-28)24-32(37-34)39-21-19-38(20-22-39)18-8-12-26-9-3-1-4-10-26/h1-15,23-24,30H,16-22,25H2,(H,35,40)/b12-8+. The molecule has 6 rings (SSSR count). The summed E-state index contributed by atoms with van der Waals surface area (Å²) in [6.07, 6.45) is 6.61. The molecule has 0 unspecified atom stereocenters. The molecule has 2 aliphatic rings. The zero-order chi connectivity index (χ0) is 27.9. The number of anilines is 1. The van der Waals surface area contributed by atoms with Crippen LogP contribution in [0.15, 0.2) is 102 Å². The molecule has 2 heterocycles. The molecule has 0 atom stereocenters. The van der Waals surface area contributed by atoms with Gasteiger partial charge >= 0.3 is 0 Å². The summed E-state index contributed by atoms with van der Waals surface area (Å²) >= 11 is 1.62. The van der Waals surface area contributed by atoms with Crippen molar-refractivity contribution in [3.05, 3.63) is 114 Å². The van der Waals surface area contributed by atoms with Crippen LogP contribution >= 0.6 is 11.8 Å².